The van der Waals surface area contributed by atoms with Gasteiger partial charge in [0.25, 0.3) is 0 Å². The topological polar surface area (TPSA) is 59.4 Å². The first kappa shape index (κ1) is 10.4. The Bertz CT molecular complexity index is 330. The largest absolute Gasteiger partial charge is 0.464 e. The molecule has 0 amide bonds. The molecule has 1 aromatic rings. The van der Waals surface area contributed by atoms with Gasteiger partial charge in [-0.1, -0.05) is 18.2 Å². The summed E-state index contributed by atoms with van der Waals surface area (Å²) >= 11 is 0. The van der Waals surface area contributed by atoms with Crippen molar-refractivity contribution in [3.05, 3.63) is 35.7 Å². The van der Waals surface area contributed by atoms with Crippen LogP contribution in [0.5, 0.6) is 0 Å². The number of aromatic nitrogens is 1. The SMILES string of the molecule is COC(=O)c1ccc(C=CCO)cn1. The van der Waals surface area contributed by atoms with E-state index in [-0.39, 0.29) is 12.3 Å². The number of hydrogen-bond donors (Lipinski definition) is 1. The van der Waals surface area contributed by atoms with Gasteiger partial charge in [0.05, 0.1) is 13.7 Å². The zero-order valence-corrected chi connectivity index (χ0v) is 7.80. The number of aliphatic hydroxyl groups excluding tert-OH is 1. The van der Waals surface area contributed by atoms with E-state index in [1.54, 1.807) is 30.5 Å². The van der Waals surface area contributed by atoms with Crippen molar-refractivity contribution < 1.29 is 14.6 Å². The van der Waals surface area contributed by atoms with Crippen LogP contribution >= 0.6 is 0 Å². The van der Waals surface area contributed by atoms with Crippen molar-refractivity contribution in [1.82, 2.24) is 4.98 Å². The van der Waals surface area contributed by atoms with E-state index >= 15 is 0 Å². The minimum Gasteiger partial charge on any atom is -0.464 e. The number of ether oxygens (including phenoxy) is 1. The third-order valence-corrected chi connectivity index (χ3v) is 1.60. The molecule has 0 aliphatic heterocycles. The maximum absolute atomic E-state index is 11.0. The predicted molar refractivity (Wildman–Crippen MR) is 51.7 cm³/mol. The van der Waals surface area contributed by atoms with E-state index < -0.39 is 5.97 Å². The highest BCUT2D eigenvalue weighted by atomic mass is 16.5. The van der Waals surface area contributed by atoms with E-state index in [9.17, 15) is 4.79 Å². The lowest BCUT2D eigenvalue weighted by molar-refractivity contribution is 0.0594. The Kier molecular flexibility index (Phi) is 3.82. The molecule has 0 aliphatic carbocycles. The van der Waals surface area contributed by atoms with Crippen molar-refractivity contribution in [3.8, 4) is 0 Å². The Hall–Kier alpha value is -1.68. The minimum atomic E-state index is -0.456. The van der Waals surface area contributed by atoms with Gasteiger partial charge >= 0.3 is 5.97 Å². The van der Waals surface area contributed by atoms with Crippen molar-refractivity contribution in [2.45, 2.75) is 0 Å². The molecular formula is C10H11NO3. The molecule has 0 saturated heterocycles. The molecule has 1 N–H and O–H groups in total. The molecule has 1 rings (SSSR count). The fourth-order valence-electron chi connectivity index (χ4n) is 0.918. The number of carbonyl (C=O) groups is 1. The van der Waals surface area contributed by atoms with E-state index in [2.05, 4.69) is 9.72 Å². The van der Waals surface area contributed by atoms with Gasteiger partial charge in [0.1, 0.15) is 5.69 Å². The highest BCUT2D eigenvalue weighted by Crippen LogP contribution is 2.03. The van der Waals surface area contributed by atoms with Crippen LogP contribution in [0.2, 0.25) is 0 Å². The van der Waals surface area contributed by atoms with Crippen molar-refractivity contribution in [3.63, 3.8) is 0 Å². The predicted octanol–water partition coefficient (Wildman–Crippen LogP) is 0.874. The highest BCUT2D eigenvalue weighted by molar-refractivity contribution is 5.87. The van der Waals surface area contributed by atoms with Gasteiger partial charge in [-0.2, -0.15) is 0 Å². The van der Waals surface area contributed by atoms with Gasteiger partial charge in [-0.3, -0.25) is 0 Å². The van der Waals surface area contributed by atoms with Crippen LogP contribution in [0.3, 0.4) is 0 Å². The fourth-order valence-corrected chi connectivity index (χ4v) is 0.918. The molecular weight excluding hydrogens is 182 g/mol. The standard InChI is InChI=1S/C10H11NO3/c1-14-10(13)9-5-4-8(7-11-9)3-2-6-12/h2-5,7,12H,6H2,1H3. The van der Waals surface area contributed by atoms with E-state index in [1.165, 1.54) is 7.11 Å². The number of esters is 1. The van der Waals surface area contributed by atoms with Gasteiger partial charge in [-0.05, 0) is 11.6 Å². The molecule has 14 heavy (non-hydrogen) atoms. The van der Waals surface area contributed by atoms with Crippen molar-refractivity contribution in [2.75, 3.05) is 13.7 Å². The van der Waals surface area contributed by atoms with Crippen LogP contribution in [0.1, 0.15) is 16.1 Å². The monoisotopic (exact) mass is 193 g/mol. The second kappa shape index (κ2) is 5.14. The molecule has 0 bridgehead atoms. The van der Waals surface area contributed by atoms with Crippen LogP contribution in [0.15, 0.2) is 24.4 Å². The van der Waals surface area contributed by atoms with Gasteiger partial charge in [0.2, 0.25) is 0 Å². The normalized spacial score (nSPS) is 10.4. The van der Waals surface area contributed by atoms with Crippen LogP contribution in [0.25, 0.3) is 6.08 Å². The summed E-state index contributed by atoms with van der Waals surface area (Å²) in [6.45, 7) is -0.0151. The summed E-state index contributed by atoms with van der Waals surface area (Å²) in [6.07, 6.45) is 4.85. The van der Waals surface area contributed by atoms with E-state index in [1.807, 2.05) is 0 Å². The lowest BCUT2D eigenvalue weighted by Crippen LogP contribution is -2.03. The fraction of sp³-hybridized carbons (Fsp3) is 0.200. The molecule has 0 fully saturated rings. The number of carbonyl (C=O) groups excluding carboxylic acids is 1. The molecule has 0 atom stereocenters. The third kappa shape index (κ3) is 2.67. The Morgan fingerprint density at radius 3 is 2.93 bits per heavy atom. The number of pyridine rings is 1. The Balaban J connectivity index is 2.78. The zero-order valence-electron chi connectivity index (χ0n) is 7.80. The number of aliphatic hydroxyl groups is 1. The second-order valence-electron chi connectivity index (χ2n) is 2.55. The molecule has 74 valence electrons. The molecule has 1 aromatic heterocycles. The quantitative estimate of drug-likeness (QED) is 0.724. The van der Waals surface area contributed by atoms with Crippen LogP contribution in [0, 0.1) is 0 Å². The number of hydrogen-bond acceptors (Lipinski definition) is 4. The molecule has 0 aromatic carbocycles. The molecule has 0 aliphatic rings. The number of rotatable bonds is 3. The smallest absolute Gasteiger partial charge is 0.356 e. The summed E-state index contributed by atoms with van der Waals surface area (Å²) in [5, 5.41) is 8.53. The van der Waals surface area contributed by atoms with Crippen LogP contribution < -0.4 is 0 Å². The molecule has 0 unspecified atom stereocenters. The minimum absolute atomic E-state index is 0.0151. The average Bonchev–Trinajstić information content (AvgIpc) is 2.26. The summed E-state index contributed by atoms with van der Waals surface area (Å²) in [5.74, 6) is -0.456. The number of methoxy groups -OCH3 is 1. The molecule has 1 heterocycles. The van der Waals surface area contributed by atoms with Crippen molar-refractivity contribution in [1.29, 1.82) is 0 Å². The molecule has 0 saturated carbocycles. The maximum Gasteiger partial charge on any atom is 0.356 e. The lowest BCUT2D eigenvalue weighted by atomic mass is 10.2. The Morgan fingerprint density at radius 2 is 2.43 bits per heavy atom. The van der Waals surface area contributed by atoms with Crippen LogP contribution in [0.4, 0.5) is 0 Å². The van der Waals surface area contributed by atoms with Crippen molar-refractivity contribution in [2.24, 2.45) is 0 Å². The van der Waals surface area contributed by atoms with E-state index in [4.69, 9.17) is 5.11 Å². The van der Waals surface area contributed by atoms with Gasteiger partial charge in [0.15, 0.2) is 0 Å². The van der Waals surface area contributed by atoms with Crippen LogP contribution in [-0.2, 0) is 4.74 Å². The van der Waals surface area contributed by atoms with E-state index in [0.717, 1.165) is 5.56 Å². The van der Waals surface area contributed by atoms with E-state index in [0.29, 0.717) is 0 Å². The average molecular weight is 193 g/mol. The molecule has 4 nitrogen and oxygen atoms in total. The summed E-state index contributed by atoms with van der Waals surface area (Å²) in [6, 6.07) is 3.30. The zero-order chi connectivity index (χ0) is 10.4. The summed E-state index contributed by atoms with van der Waals surface area (Å²) in [4.78, 5) is 14.9. The summed E-state index contributed by atoms with van der Waals surface area (Å²) in [7, 11) is 1.31. The van der Waals surface area contributed by atoms with Gasteiger partial charge in [-0.15, -0.1) is 0 Å². The van der Waals surface area contributed by atoms with Gasteiger partial charge in [0, 0.05) is 6.20 Å². The summed E-state index contributed by atoms with van der Waals surface area (Å²) < 4.78 is 4.50. The Labute approximate surface area is 81.9 Å². The first-order valence-electron chi connectivity index (χ1n) is 4.09. The second-order valence-corrected chi connectivity index (χ2v) is 2.55. The molecule has 0 radical (unpaired) electrons. The highest BCUT2D eigenvalue weighted by Gasteiger charge is 2.04. The molecule has 4 heteroatoms. The third-order valence-electron chi connectivity index (χ3n) is 1.60. The first-order chi connectivity index (χ1) is 6.77. The van der Waals surface area contributed by atoms with Crippen molar-refractivity contribution >= 4 is 12.0 Å². The lowest BCUT2D eigenvalue weighted by Gasteiger charge is -1.97. The molecule has 0 spiro atoms. The van der Waals surface area contributed by atoms with Gasteiger partial charge < -0.3 is 9.84 Å². The van der Waals surface area contributed by atoms with Gasteiger partial charge in [-0.25, -0.2) is 9.78 Å². The number of nitrogens with zero attached hydrogens (tertiary/aromatic N) is 1. The summed E-state index contributed by atoms with van der Waals surface area (Å²) in [5.41, 5.74) is 1.10. The maximum atomic E-state index is 11.0. The van der Waals surface area contributed by atoms with Crippen LogP contribution in [-0.4, -0.2) is 29.8 Å². The first-order valence-corrected chi connectivity index (χ1v) is 4.09. The Morgan fingerprint density at radius 1 is 1.64 bits per heavy atom.